The van der Waals surface area contributed by atoms with Crippen LogP contribution in [0.1, 0.15) is 16.7 Å². The number of amides is 1. The summed E-state index contributed by atoms with van der Waals surface area (Å²) in [5, 5.41) is 38.4. The van der Waals surface area contributed by atoms with Crippen molar-refractivity contribution in [3.8, 4) is 10.6 Å². The molecule has 1 saturated heterocycles. The van der Waals surface area contributed by atoms with Crippen LogP contribution in [0.5, 0.6) is 0 Å². The minimum Gasteiger partial charge on any atom is -0.394 e. The number of aliphatic hydroxyl groups excluding tert-OH is 3. The summed E-state index contributed by atoms with van der Waals surface area (Å²) in [5.41, 5.74) is 5.55. The summed E-state index contributed by atoms with van der Waals surface area (Å²) < 4.78 is 6.62. The number of ether oxygens (including phenoxy) is 1. The van der Waals surface area contributed by atoms with E-state index in [1.54, 1.807) is 17.5 Å². The average Bonchev–Trinajstić information content (AvgIpc) is 3.19. The Morgan fingerprint density at radius 1 is 1.45 bits per heavy atom. The van der Waals surface area contributed by atoms with E-state index < -0.39 is 37.1 Å². The SMILES string of the molecule is NC(=O)c1nnn(C2OC(CO)C(O)C2O)c1-c1cccs1. The van der Waals surface area contributed by atoms with Gasteiger partial charge in [-0.25, -0.2) is 4.68 Å². The molecule has 10 heteroatoms. The van der Waals surface area contributed by atoms with Gasteiger partial charge in [-0.1, -0.05) is 11.3 Å². The lowest BCUT2D eigenvalue weighted by Crippen LogP contribution is -2.33. The quantitative estimate of drug-likeness (QED) is 0.547. The Bertz CT molecular complexity index is 673. The Morgan fingerprint density at radius 3 is 2.77 bits per heavy atom. The van der Waals surface area contributed by atoms with Gasteiger partial charge >= 0.3 is 0 Å². The Hall–Kier alpha value is -1.85. The number of hydrogen-bond donors (Lipinski definition) is 4. The van der Waals surface area contributed by atoms with Crippen LogP contribution >= 0.6 is 11.3 Å². The van der Waals surface area contributed by atoms with Gasteiger partial charge in [-0.3, -0.25) is 4.79 Å². The highest BCUT2D eigenvalue weighted by atomic mass is 32.1. The molecule has 22 heavy (non-hydrogen) atoms. The van der Waals surface area contributed by atoms with Gasteiger partial charge in [-0.15, -0.1) is 16.4 Å². The Kier molecular flexibility index (Phi) is 3.93. The molecule has 4 unspecified atom stereocenters. The van der Waals surface area contributed by atoms with Crippen molar-refractivity contribution in [2.24, 2.45) is 5.73 Å². The Morgan fingerprint density at radius 2 is 2.23 bits per heavy atom. The summed E-state index contributed by atoms with van der Waals surface area (Å²) in [6.07, 6.45) is -4.62. The van der Waals surface area contributed by atoms with Gasteiger partial charge in [0.2, 0.25) is 0 Å². The van der Waals surface area contributed by atoms with E-state index in [4.69, 9.17) is 15.6 Å². The van der Waals surface area contributed by atoms with Crippen molar-refractivity contribution in [3.63, 3.8) is 0 Å². The van der Waals surface area contributed by atoms with Crippen molar-refractivity contribution in [1.82, 2.24) is 15.0 Å². The zero-order chi connectivity index (χ0) is 15.9. The molecule has 2 aromatic heterocycles. The van der Waals surface area contributed by atoms with E-state index in [1.807, 2.05) is 0 Å². The van der Waals surface area contributed by atoms with Crippen LogP contribution in [0, 0.1) is 0 Å². The van der Waals surface area contributed by atoms with Gasteiger partial charge in [0.05, 0.1) is 11.5 Å². The molecule has 3 rings (SSSR count). The number of hydrogen-bond acceptors (Lipinski definition) is 8. The van der Waals surface area contributed by atoms with Gasteiger partial charge in [0.1, 0.15) is 24.0 Å². The van der Waals surface area contributed by atoms with Gasteiger partial charge in [-0.05, 0) is 11.4 Å². The first-order valence-corrected chi connectivity index (χ1v) is 7.34. The van der Waals surface area contributed by atoms with Crippen molar-refractivity contribution in [2.75, 3.05) is 6.61 Å². The molecule has 2 aromatic rings. The summed E-state index contributed by atoms with van der Waals surface area (Å²) >= 11 is 1.34. The molecule has 9 nitrogen and oxygen atoms in total. The highest BCUT2D eigenvalue weighted by molar-refractivity contribution is 7.13. The molecule has 0 radical (unpaired) electrons. The molecular weight excluding hydrogens is 312 g/mol. The average molecular weight is 326 g/mol. The van der Waals surface area contributed by atoms with Crippen molar-refractivity contribution in [1.29, 1.82) is 0 Å². The molecule has 1 fully saturated rings. The Balaban J connectivity index is 2.07. The lowest BCUT2D eigenvalue weighted by Gasteiger charge is -2.16. The second-order valence-electron chi connectivity index (χ2n) is 4.80. The fraction of sp³-hybridized carbons (Fsp3) is 0.417. The first kappa shape index (κ1) is 15.1. The highest BCUT2D eigenvalue weighted by Crippen LogP contribution is 2.35. The van der Waals surface area contributed by atoms with E-state index in [1.165, 1.54) is 16.0 Å². The Labute approximate surface area is 128 Å². The number of carbonyl (C=O) groups is 1. The number of nitrogens with zero attached hydrogens (tertiary/aromatic N) is 3. The van der Waals surface area contributed by atoms with Crippen LogP contribution in [0.2, 0.25) is 0 Å². The third-order valence-electron chi connectivity index (χ3n) is 3.44. The highest BCUT2D eigenvalue weighted by Gasteiger charge is 2.45. The molecule has 5 N–H and O–H groups in total. The van der Waals surface area contributed by atoms with Crippen molar-refractivity contribution in [2.45, 2.75) is 24.5 Å². The van der Waals surface area contributed by atoms with Crippen molar-refractivity contribution >= 4 is 17.2 Å². The third-order valence-corrected chi connectivity index (χ3v) is 4.32. The van der Waals surface area contributed by atoms with Crippen LogP contribution in [0.4, 0.5) is 0 Å². The van der Waals surface area contributed by atoms with Gasteiger partial charge in [0, 0.05) is 0 Å². The second kappa shape index (κ2) is 5.74. The fourth-order valence-electron chi connectivity index (χ4n) is 2.36. The van der Waals surface area contributed by atoms with Crippen LogP contribution in [-0.2, 0) is 4.74 Å². The maximum absolute atomic E-state index is 11.5. The second-order valence-corrected chi connectivity index (χ2v) is 5.75. The standard InChI is InChI=1S/C12H14N4O5S/c13-11(20)7-8(6-2-1-3-22-6)16(15-14-7)12-10(19)9(18)5(4-17)21-12/h1-3,5,9-10,12,17-19H,4H2,(H2,13,20). The van der Waals surface area contributed by atoms with E-state index in [2.05, 4.69) is 10.3 Å². The number of thiophene rings is 1. The molecule has 3 heterocycles. The summed E-state index contributed by atoms with van der Waals surface area (Å²) in [6.45, 7) is -0.458. The van der Waals surface area contributed by atoms with E-state index >= 15 is 0 Å². The molecule has 1 aliphatic rings. The minimum absolute atomic E-state index is 0.0554. The first-order valence-electron chi connectivity index (χ1n) is 6.46. The van der Waals surface area contributed by atoms with Gasteiger partial charge in [0.15, 0.2) is 11.9 Å². The van der Waals surface area contributed by atoms with Gasteiger partial charge in [-0.2, -0.15) is 0 Å². The molecule has 0 aliphatic carbocycles. The normalized spacial score (nSPS) is 28.1. The number of aromatic nitrogens is 3. The number of primary amides is 1. The molecule has 0 saturated carbocycles. The lowest BCUT2D eigenvalue weighted by molar-refractivity contribution is -0.0585. The molecule has 0 aromatic carbocycles. The smallest absolute Gasteiger partial charge is 0.271 e. The lowest BCUT2D eigenvalue weighted by atomic mass is 10.1. The predicted molar refractivity (Wildman–Crippen MR) is 74.9 cm³/mol. The largest absolute Gasteiger partial charge is 0.394 e. The molecule has 4 atom stereocenters. The number of rotatable bonds is 4. The monoisotopic (exact) mass is 326 g/mol. The molecule has 118 valence electrons. The molecule has 0 bridgehead atoms. The van der Waals surface area contributed by atoms with Gasteiger partial charge < -0.3 is 25.8 Å². The number of carbonyl (C=O) groups excluding carboxylic acids is 1. The number of aliphatic hydroxyl groups is 3. The summed E-state index contributed by atoms with van der Waals surface area (Å²) in [7, 11) is 0. The summed E-state index contributed by atoms with van der Waals surface area (Å²) in [5.74, 6) is -0.763. The van der Waals surface area contributed by atoms with Crippen LogP contribution < -0.4 is 5.73 Å². The number of nitrogens with two attached hydrogens (primary N) is 1. The minimum atomic E-state index is -1.32. The molecule has 1 aliphatic heterocycles. The molecular formula is C12H14N4O5S. The summed E-state index contributed by atoms with van der Waals surface area (Å²) in [6, 6.07) is 3.52. The molecule has 0 spiro atoms. The first-order chi connectivity index (χ1) is 10.5. The van der Waals surface area contributed by atoms with E-state index in [9.17, 15) is 15.0 Å². The third kappa shape index (κ3) is 2.30. The van der Waals surface area contributed by atoms with Crippen molar-refractivity contribution < 1.29 is 24.9 Å². The van der Waals surface area contributed by atoms with Crippen LogP contribution in [0.15, 0.2) is 17.5 Å². The fourth-order valence-corrected chi connectivity index (χ4v) is 3.13. The van der Waals surface area contributed by atoms with Crippen molar-refractivity contribution in [3.05, 3.63) is 23.2 Å². The zero-order valence-electron chi connectivity index (χ0n) is 11.2. The maximum atomic E-state index is 11.5. The maximum Gasteiger partial charge on any atom is 0.271 e. The topological polar surface area (TPSA) is 144 Å². The van der Waals surface area contributed by atoms with Crippen LogP contribution in [0.3, 0.4) is 0 Å². The summed E-state index contributed by atoms with van der Waals surface area (Å²) in [4.78, 5) is 12.2. The molecule has 1 amide bonds. The van der Waals surface area contributed by atoms with Crippen LogP contribution in [-0.4, -0.2) is 61.1 Å². The van der Waals surface area contributed by atoms with E-state index in [0.717, 1.165) is 0 Å². The van der Waals surface area contributed by atoms with E-state index in [-0.39, 0.29) is 5.69 Å². The zero-order valence-corrected chi connectivity index (χ0v) is 12.1. The van der Waals surface area contributed by atoms with Crippen LogP contribution in [0.25, 0.3) is 10.6 Å². The predicted octanol–water partition coefficient (Wildman–Crippen LogP) is -1.28. The van der Waals surface area contributed by atoms with E-state index in [0.29, 0.717) is 10.6 Å². The van der Waals surface area contributed by atoms with Gasteiger partial charge in [0.25, 0.3) is 5.91 Å².